The molecule has 0 unspecified atom stereocenters. The smallest absolute Gasteiger partial charge is 0.549 e. The molecule has 0 N–H and O–H groups in total. The molecule has 31 heavy (non-hydrogen) atoms. The summed E-state index contributed by atoms with van der Waals surface area (Å²) in [6, 6.07) is 0. The Morgan fingerprint density at radius 2 is 0.710 bits per heavy atom. The molecule has 0 saturated carbocycles. The van der Waals surface area contributed by atoms with Crippen LogP contribution in [0.25, 0.3) is 0 Å². The average molecular weight is 562 g/mol. The van der Waals surface area contributed by atoms with Crippen LogP contribution in [0, 0.1) is 5.41 Å². The number of rotatable bonds is 23. The van der Waals surface area contributed by atoms with Crippen molar-refractivity contribution in [1.29, 1.82) is 0 Å². The zero-order chi connectivity index (χ0) is 22.5. The van der Waals surface area contributed by atoms with Gasteiger partial charge in [-0.15, -0.1) is 0 Å². The van der Waals surface area contributed by atoms with Crippen LogP contribution in [0.3, 0.4) is 0 Å². The van der Waals surface area contributed by atoms with Gasteiger partial charge < -0.3 is 19.8 Å². The van der Waals surface area contributed by atoms with Gasteiger partial charge in [0.15, 0.2) is 0 Å². The van der Waals surface area contributed by atoms with E-state index in [4.69, 9.17) is 0 Å². The Bertz CT molecular complexity index is 412. The van der Waals surface area contributed by atoms with Gasteiger partial charge in [-0.3, -0.25) is 0 Å². The predicted molar refractivity (Wildman–Crippen MR) is 127 cm³/mol. The Morgan fingerprint density at radius 1 is 0.484 bits per heavy atom. The SMILES string of the molecule is CCCCCCCCCCCCC(CCCCCCCCCCC)(C(=O)[O-])C(=O)[O-].[Ba+2]. The molecule has 5 heteroatoms. The van der Waals surface area contributed by atoms with Crippen molar-refractivity contribution in [3.63, 3.8) is 0 Å². The van der Waals surface area contributed by atoms with Crippen molar-refractivity contribution >= 4 is 60.8 Å². The van der Waals surface area contributed by atoms with Crippen LogP contribution < -0.4 is 10.2 Å². The van der Waals surface area contributed by atoms with Crippen LogP contribution in [0.15, 0.2) is 0 Å². The first kappa shape index (κ1) is 33.7. The Morgan fingerprint density at radius 3 is 0.935 bits per heavy atom. The van der Waals surface area contributed by atoms with Crippen molar-refractivity contribution in [1.82, 2.24) is 0 Å². The van der Waals surface area contributed by atoms with Gasteiger partial charge in [0.05, 0.1) is 11.9 Å². The predicted octanol–water partition coefficient (Wildman–Crippen LogP) is 5.32. The number of carboxylic acids is 2. The minimum absolute atomic E-state index is 0. The van der Waals surface area contributed by atoms with E-state index in [1.807, 2.05) is 0 Å². The van der Waals surface area contributed by atoms with Gasteiger partial charge >= 0.3 is 48.9 Å². The first-order valence-electron chi connectivity index (χ1n) is 12.9. The number of hydrogen-bond acceptors (Lipinski definition) is 4. The summed E-state index contributed by atoms with van der Waals surface area (Å²) in [5.41, 5.74) is -1.80. The summed E-state index contributed by atoms with van der Waals surface area (Å²) in [6.45, 7) is 4.42. The molecule has 0 atom stereocenters. The topological polar surface area (TPSA) is 80.3 Å². The third-order valence-electron chi connectivity index (χ3n) is 6.45. The molecule has 0 rings (SSSR count). The number of carbonyl (C=O) groups is 2. The van der Waals surface area contributed by atoms with Crippen molar-refractivity contribution in [3.8, 4) is 0 Å². The normalized spacial score (nSPS) is 11.3. The fourth-order valence-electron chi connectivity index (χ4n) is 4.27. The summed E-state index contributed by atoms with van der Waals surface area (Å²) in [6.07, 6.45) is 21.6. The van der Waals surface area contributed by atoms with E-state index in [2.05, 4.69) is 13.8 Å². The molecule has 0 saturated heterocycles. The Labute approximate surface area is 232 Å². The largest absolute Gasteiger partial charge is 2.00 e. The molecule has 0 bridgehead atoms. The molecular formula is C26H48BaO4. The van der Waals surface area contributed by atoms with Crippen molar-refractivity contribution < 1.29 is 19.8 Å². The molecule has 0 aliphatic rings. The third kappa shape index (κ3) is 17.6. The quantitative estimate of drug-likeness (QED) is 0.0960. The Balaban J connectivity index is 0. The second kappa shape index (κ2) is 23.7. The Kier molecular flexibility index (Phi) is 25.7. The van der Waals surface area contributed by atoms with Gasteiger partial charge in [-0.25, -0.2) is 0 Å². The van der Waals surface area contributed by atoms with Crippen molar-refractivity contribution in [3.05, 3.63) is 0 Å². The first-order chi connectivity index (χ1) is 14.5. The van der Waals surface area contributed by atoms with Gasteiger partial charge in [0.2, 0.25) is 0 Å². The second-order valence-electron chi connectivity index (χ2n) is 9.17. The Hall–Kier alpha value is 0.511. The van der Waals surface area contributed by atoms with Crippen LogP contribution >= 0.6 is 0 Å². The van der Waals surface area contributed by atoms with Gasteiger partial charge in [0, 0.05) is 5.41 Å². The third-order valence-corrected chi connectivity index (χ3v) is 6.45. The minimum atomic E-state index is -1.80. The molecule has 0 amide bonds. The summed E-state index contributed by atoms with van der Waals surface area (Å²) >= 11 is 0. The van der Waals surface area contributed by atoms with E-state index in [0.29, 0.717) is 12.8 Å². The van der Waals surface area contributed by atoms with E-state index < -0.39 is 17.4 Å². The first-order valence-corrected chi connectivity index (χ1v) is 12.9. The van der Waals surface area contributed by atoms with E-state index in [1.165, 1.54) is 70.6 Å². The molecule has 0 aromatic heterocycles. The molecule has 0 heterocycles. The number of carbonyl (C=O) groups excluding carboxylic acids is 2. The van der Waals surface area contributed by atoms with Crippen LogP contribution in [-0.2, 0) is 9.59 Å². The molecular weight excluding hydrogens is 514 g/mol. The summed E-state index contributed by atoms with van der Waals surface area (Å²) in [5, 5.41) is 23.4. The summed E-state index contributed by atoms with van der Waals surface area (Å²) in [4.78, 5) is 23.4. The average Bonchev–Trinajstić information content (AvgIpc) is 2.71. The summed E-state index contributed by atoms with van der Waals surface area (Å²) < 4.78 is 0. The molecule has 0 aromatic rings. The van der Waals surface area contributed by atoms with E-state index in [-0.39, 0.29) is 61.7 Å². The maximum Gasteiger partial charge on any atom is 2.00 e. The van der Waals surface area contributed by atoms with Crippen molar-refractivity contribution in [2.45, 2.75) is 149 Å². The number of aliphatic carboxylic acids is 2. The minimum Gasteiger partial charge on any atom is -0.549 e. The standard InChI is InChI=1S/C26H50O4.Ba/c1-3-5-7-9-11-13-15-17-19-21-23-26(24(27)28,25(29)30)22-20-18-16-14-12-10-8-6-4-2;/h3-23H2,1-2H3,(H,27,28)(H,29,30);/q;+2/p-2. The maximum atomic E-state index is 11.7. The molecule has 178 valence electrons. The molecule has 0 aliphatic heterocycles. The van der Waals surface area contributed by atoms with E-state index in [0.717, 1.165) is 38.5 Å². The van der Waals surface area contributed by atoms with Crippen LogP contribution in [0.1, 0.15) is 149 Å². The second-order valence-corrected chi connectivity index (χ2v) is 9.17. The van der Waals surface area contributed by atoms with Crippen LogP contribution in [0.5, 0.6) is 0 Å². The number of unbranched alkanes of at least 4 members (excludes halogenated alkanes) is 17. The molecule has 4 nitrogen and oxygen atoms in total. The zero-order valence-corrected chi connectivity index (χ0v) is 25.1. The fraction of sp³-hybridized carbons (Fsp3) is 0.923. The van der Waals surface area contributed by atoms with Crippen molar-refractivity contribution in [2.24, 2.45) is 5.41 Å². The van der Waals surface area contributed by atoms with Crippen molar-refractivity contribution in [2.75, 3.05) is 0 Å². The van der Waals surface area contributed by atoms with E-state index in [1.54, 1.807) is 0 Å². The monoisotopic (exact) mass is 562 g/mol. The van der Waals surface area contributed by atoms with Gasteiger partial charge in [-0.2, -0.15) is 0 Å². The fourth-order valence-corrected chi connectivity index (χ4v) is 4.27. The van der Waals surface area contributed by atoms with Crippen LogP contribution in [0.2, 0.25) is 0 Å². The van der Waals surface area contributed by atoms with E-state index >= 15 is 0 Å². The number of carboxylic acid groups (broad SMARTS) is 2. The van der Waals surface area contributed by atoms with Gasteiger partial charge in [-0.05, 0) is 12.8 Å². The molecule has 0 radical (unpaired) electrons. The summed E-state index contributed by atoms with van der Waals surface area (Å²) in [5.74, 6) is -2.92. The van der Waals surface area contributed by atoms with E-state index in [9.17, 15) is 19.8 Å². The molecule has 0 aliphatic carbocycles. The molecule has 0 fully saturated rings. The maximum absolute atomic E-state index is 11.7. The van der Waals surface area contributed by atoms with Crippen LogP contribution in [-0.4, -0.2) is 60.8 Å². The summed E-state index contributed by atoms with van der Waals surface area (Å²) in [7, 11) is 0. The molecule has 0 aromatic carbocycles. The zero-order valence-electron chi connectivity index (χ0n) is 20.7. The van der Waals surface area contributed by atoms with Gasteiger partial charge in [0.1, 0.15) is 0 Å². The number of hydrogen-bond donors (Lipinski definition) is 0. The van der Waals surface area contributed by atoms with Gasteiger partial charge in [0.25, 0.3) is 0 Å². The van der Waals surface area contributed by atoms with Crippen LogP contribution in [0.4, 0.5) is 0 Å². The van der Waals surface area contributed by atoms with Gasteiger partial charge in [-0.1, -0.05) is 136 Å². The molecule has 0 spiro atoms.